The van der Waals surface area contributed by atoms with Crippen LogP contribution in [0.15, 0.2) is 0 Å². The van der Waals surface area contributed by atoms with E-state index in [0.29, 0.717) is 32.3 Å². The van der Waals surface area contributed by atoms with E-state index < -0.39 is 12.8 Å². The summed E-state index contributed by atoms with van der Waals surface area (Å²) in [7, 11) is 0. The van der Waals surface area contributed by atoms with Crippen LogP contribution in [0.1, 0.15) is 32.1 Å². The van der Waals surface area contributed by atoms with Gasteiger partial charge in [-0.2, -0.15) is 0 Å². The Labute approximate surface area is 82.1 Å². The molecule has 2 fully saturated rings. The molecule has 1 nitrogen and oxygen atoms in total. The maximum atomic E-state index is 12.4. The molecule has 1 saturated heterocycles. The van der Waals surface area contributed by atoms with Gasteiger partial charge in [-0.15, -0.1) is 0 Å². The Kier molecular flexibility index (Phi) is 2.54. The van der Waals surface area contributed by atoms with Crippen molar-refractivity contribution in [3.05, 3.63) is 0 Å². The third kappa shape index (κ3) is 1.92. The summed E-state index contributed by atoms with van der Waals surface area (Å²) in [5, 5.41) is 0. The van der Waals surface area contributed by atoms with Gasteiger partial charge in [0.25, 0.3) is 0 Å². The van der Waals surface area contributed by atoms with Crippen LogP contribution in [0.2, 0.25) is 5.82 Å². The fourth-order valence-electron chi connectivity index (χ4n) is 2.67. The van der Waals surface area contributed by atoms with Crippen molar-refractivity contribution in [2.75, 3.05) is 13.2 Å². The first-order valence-electron chi connectivity index (χ1n) is 5.30. The Hall–Kier alpha value is -0.185. The van der Waals surface area contributed by atoms with Gasteiger partial charge in [0.1, 0.15) is 0 Å². The van der Waals surface area contributed by atoms with E-state index in [0.717, 1.165) is 13.0 Å². The lowest BCUT2D eigenvalue weighted by molar-refractivity contribution is 0.119. The third-order valence-electron chi connectivity index (χ3n) is 3.81. The van der Waals surface area contributed by atoms with Gasteiger partial charge in [-0.05, 0) is 24.7 Å². The number of rotatable bonds is 1. The van der Waals surface area contributed by atoms with Gasteiger partial charge in [0.15, 0.2) is 0 Å². The SMILES string of the molecule is F[B-](F)(F)C1CCC2(CCOC2)CC1. The highest BCUT2D eigenvalue weighted by Gasteiger charge is 2.43. The van der Waals surface area contributed by atoms with Gasteiger partial charge < -0.3 is 17.7 Å². The molecule has 0 amide bonds. The summed E-state index contributed by atoms with van der Waals surface area (Å²) in [5.41, 5.74) is 0.109. The summed E-state index contributed by atoms with van der Waals surface area (Å²) in [4.78, 5) is 0. The molecule has 5 heteroatoms. The molecule has 0 aromatic carbocycles. The Bertz CT molecular complexity index is 201. The Morgan fingerprint density at radius 3 is 2.14 bits per heavy atom. The molecular weight excluding hydrogens is 192 g/mol. The molecule has 82 valence electrons. The first-order chi connectivity index (χ1) is 6.52. The zero-order valence-electron chi connectivity index (χ0n) is 8.15. The van der Waals surface area contributed by atoms with Crippen molar-refractivity contribution in [3.63, 3.8) is 0 Å². The van der Waals surface area contributed by atoms with Crippen LogP contribution in [0.25, 0.3) is 0 Å². The lowest BCUT2D eigenvalue weighted by atomic mass is 9.59. The highest BCUT2D eigenvalue weighted by molar-refractivity contribution is 6.60. The molecule has 0 aromatic rings. The van der Waals surface area contributed by atoms with E-state index in [4.69, 9.17) is 4.74 Å². The molecule has 1 saturated carbocycles. The normalized spacial score (nSPS) is 39.2. The molecule has 0 aromatic heterocycles. The van der Waals surface area contributed by atoms with Crippen LogP contribution in [0, 0.1) is 5.41 Å². The van der Waals surface area contributed by atoms with E-state index in [9.17, 15) is 12.9 Å². The first-order valence-corrected chi connectivity index (χ1v) is 5.30. The summed E-state index contributed by atoms with van der Waals surface area (Å²) in [5.74, 6) is -0.999. The molecule has 1 heterocycles. The number of halogens is 3. The Morgan fingerprint density at radius 1 is 1.07 bits per heavy atom. The number of ether oxygens (including phenoxy) is 1. The average molecular weight is 207 g/mol. The van der Waals surface area contributed by atoms with Gasteiger partial charge in [-0.1, -0.05) is 18.7 Å². The van der Waals surface area contributed by atoms with Crippen LogP contribution >= 0.6 is 0 Å². The van der Waals surface area contributed by atoms with Gasteiger partial charge in [-0.3, -0.25) is 0 Å². The lowest BCUT2D eigenvalue weighted by Gasteiger charge is -2.39. The van der Waals surface area contributed by atoms with Crippen molar-refractivity contribution in [1.82, 2.24) is 0 Å². The molecular formula is C9H15BF3O-. The van der Waals surface area contributed by atoms with Crippen molar-refractivity contribution < 1.29 is 17.7 Å². The molecule has 0 radical (unpaired) electrons. The minimum atomic E-state index is -4.61. The summed E-state index contributed by atoms with van der Waals surface area (Å²) in [6.07, 6.45) is 3.03. The molecule has 1 spiro atoms. The molecule has 0 bridgehead atoms. The fraction of sp³-hybridized carbons (Fsp3) is 1.00. The highest BCUT2D eigenvalue weighted by Crippen LogP contribution is 2.49. The maximum Gasteiger partial charge on any atom is 0.481 e. The van der Waals surface area contributed by atoms with Crippen molar-refractivity contribution in [2.45, 2.75) is 37.9 Å². The van der Waals surface area contributed by atoms with Crippen molar-refractivity contribution >= 4 is 6.98 Å². The molecule has 1 aliphatic heterocycles. The molecule has 0 N–H and O–H groups in total. The standard InChI is InChI=1S/C9H15BF3O/c11-10(12,13)8-1-3-9(4-2-8)5-6-14-7-9/h8H,1-7H2/q-1. The van der Waals surface area contributed by atoms with Crippen molar-refractivity contribution in [3.8, 4) is 0 Å². The van der Waals surface area contributed by atoms with Crippen LogP contribution in [0.4, 0.5) is 12.9 Å². The summed E-state index contributed by atoms with van der Waals surface area (Å²) in [6, 6.07) is 0. The number of hydrogen-bond acceptors (Lipinski definition) is 1. The Balaban J connectivity index is 1.92. The molecule has 0 unspecified atom stereocenters. The van der Waals surface area contributed by atoms with Crippen LogP contribution in [-0.4, -0.2) is 20.2 Å². The minimum Gasteiger partial charge on any atom is -0.449 e. The summed E-state index contributed by atoms with van der Waals surface area (Å²) < 4.78 is 42.6. The van der Waals surface area contributed by atoms with Gasteiger partial charge in [0, 0.05) is 6.61 Å². The summed E-state index contributed by atoms with van der Waals surface area (Å²) in [6.45, 7) is -3.18. The molecule has 1 aliphatic carbocycles. The van der Waals surface area contributed by atoms with E-state index in [-0.39, 0.29) is 5.41 Å². The van der Waals surface area contributed by atoms with Gasteiger partial charge in [0.2, 0.25) is 0 Å². The van der Waals surface area contributed by atoms with Crippen LogP contribution in [0.3, 0.4) is 0 Å². The van der Waals surface area contributed by atoms with E-state index in [1.54, 1.807) is 0 Å². The molecule has 2 aliphatic rings. The summed E-state index contributed by atoms with van der Waals surface area (Å²) >= 11 is 0. The molecule has 2 rings (SSSR count). The largest absolute Gasteiger partial charge is 0.481 e. The highest BCUT2D eigenvalue weighted by atomic mass is 19.4. The molecule has 0 atom stereocenters. The average Bonchev–Trinajstić information content (AvgIpc) is 2.53. The number of hydrogen-bond donors (Lipinski definition) is 0. The minimum absolute atomic E-state index is 0.109. The van der Waals surface area contributed by atoms with Crippen molar-refractivity contribution in [2.24, 2.45) is 5.41 Å². The second kappa shape index (κ2) is 3.44. The molecule has 14 heavy (non-hydrogen) atoms. The van der Waals surface area contributed by atoms with E-state index in [2.05, 4.69) is 0 Å². The zero-order valence-corrected chi connectivity index (χ0v) is 8.15. The fourth-order valence-corrected chi connectivity index (χ4v) is 2.67. The monoisotopic (exact) mass is 207 g/mol. The van der Waals surface area contributed by atoms with Gasteiger partial charge in [0.05, 0.1) is 6.61 Å². The Morgan fingerprint density at radius 2 is 1.71 bits per heavy atom. The second-order valence-corrected chi connectivity index (χ2v) is 4.77. The van der Waals surface area contributed by atoms with Crippen LogP contribution in [0.5, 0.6) is 0 Å². The predicted octanol–water partition coefficient (Wildman–Crippen LogP) is 3.18. The van der Waals surface area contributed by atoms with E-state index in [1.807, 2.05) is 0 Å². The van der Waals surface area contributed by atoms with Crippen molar-refractivity contribution in [1.29, 1.82) is 0 Å². The smallest absolute Gasteiger partial charge is 0.449 e. The zero-order chi connectivity index (χ0) is 10.2. The third-order valence-corrected chi connectivity index (χ3v) is 3.81. The predicted molar refractivity (Wildman–Crippen MR) is 49.2 cm³/mol. The lowest BCUT2D eigenvalue weighted by Crippen LogP contribution is -2.33. The van der Waals surface area contributed by atoms with E-state index >= 15 is 0 Å². The van der Waals surface area contributed by atoms with Gasteiger partial charge >= 0.3 is 6.98 Å². The van der Waals surface area contributed by atoms with Crippen LogP contribution in [-0.2, 0) is 4.74 Å². The second-order valence-electron chi connectivity index (χ2n) is 4.77. The first kappa shape index (κ1) is 10.3. The van der Waals surface area contributed by atoms with Crippen LogP contribution < -0.4 is 0 Å². The quantitative estimate of drug-likeness (QED) is 0.600. The van der Waals surface area contributed by atoms with E-state index in [1.165, 1.54) is 0 Å². The maximum absolute atomic E-state index is 12.4. The topological polar surface area (TPSA) is 9.23 Å². The van der Waals surface area contributed by atoms with Gasteiger partial charge in [-0.25, -0.2) is 0 Å².